The molecule has 0 bridgehead atoms. The molecule has 0 aliphatic heterocycles. The summed E-state index contributed by atoms with van der Waals surface area (Å²) in [6.45, 7) is 1.65. The Labute approximate surface area is 123 Å². The van der Waals surface area contributed by atoms with E-state index in [0.717, 1.165) is 16.9 Å². The summed E-state index contributed by atoms with van der Waals surface area (Å²) in [7, 11) is -3.57. The van der Waals surface area contributed by atoms with E-state index in [2.05, 4.69) is 4.72 Å². The molecule has 2 aromatic rings. The summed E-state index contributed by atoms with van der Waals surface area (Å²) in [5, 5.41) is 11.2. The van der Waals surface area contributed by atoms with Crippen molar-refractivity contribution < 1.29 is 13.5 Å². The van der Waals surface area contributed by atoms with Crippen LogP contribution in [0.4, 0.5) is 0 Å². The van der Waals surface area contributed by atoms with Crippen LogP contribution >= 0.6 is 11.3 Å². The fourth-order valence-corrected chi connectivity index (χ4v) is 4.28. The van der Waals surface area contributed by atoms with Gasteiger partial charge in [0.2, 0.25) is 10.0 Å². The molecule has 1 heterocycles. The second kappa shape index (κ2) is 6.49. The standard InChI is InChI=1S/C14H17NO3S2/c1-11(12-6-3-2-4-7-12)13(10-16)15-20(17,18)14-8-5-9-19-14/h2-9,11,13,15-16H,10H2,1H3/t11-,13+/m1/s1. The van der Waals surface area contributed by atoms with Gasteiger partial charge in [-0.15, -0.1) is 11.3 Å². The van der Waals surface area contributed by atoms with Crippen LogP contribution < -0.4 is 4.72 Å². The number of nitrogens with one attached hydrogen (secondary N) is 1. The van der Waals surface area contributed by atoms with Crippen LogP contribution in [0.3, 0.4) is 0 Å². The molecule has 1 aromatic heterocycles. The Morgan fingerprint density at radius 3 is 2.45 bits per heavy atom. The van der Waals surface area contributed by atoms with E-state index in [1.807, 2.05) is 37.3 Å². The summed E-state index contributed by atoms with van der Waals surface area (Å²) in [6, 6.07) is 12.2. The molecule has 0 radical (unpaired) electrons. The summed E-state index contributed by atoms with van der Waals surface area (Å²) < 4.78 is 27.2. The highest BCUT2D eigenvalue weighted by Crippen LogP contribution is 2.22. The summed E-state index contributed by atoms with van der Waals surface area (Å²) >= 11 is 1.16. The predicted octanol–water partition coefficient (Wildman–Crippen LogP) is 2.19. The Morgan fingerprint density at radius 1 is 1.20 bits per heavy atom. The van der Waals surface area contributed by atoms with Crippen molar-refractivity contribution in [3.63, 3.8) is 0 Å². The molecule has 0 aliphatic carbocycles. The lowest BCUT2D eigenvalue weighted by Gasteiger charge is -2.23. The van der Waals surface area contributed by atoms with Crippen LogP contribution in [0.1, 0.15) is 18.4 Å². The van der Waals surface area contributed by atoms with Crippen molar-refractivity contribution in [3.05, 3.63) is 53.4 Å². The van der Waals surface area contributed by atoms with Gasteiger partial charge in [-0.3, -0.25) is 0 Å². The number of sulfonamides is 1. The van der Waals surface area contributed by atoms with E-state index in [4.69, 9.17) is 0 Å². The molecule has 108 valence electrons. The zero-order chi connectivity index (χ0) is 14.6. The minimum atomic E-state index is -3.57. The number of rotatable bonds is 6. The monoisotopic (exact) mass is 311 g/mol. The maximum atomic E-state index is 12.2. The van der Waals surface area contributed by atoms with Gasteiger partial charge in [-0.25, -0.2) is 13.1 Å². The lowest BCUT2D eigenvalue weighted by atomic mass is 9.94. The van der Waals surface area contributed by atoms with Crippen molar-refractivity contribution in [1.29, 1.82) is 0 Å². The first-order valence-electron chi connectivity index (χ1n) is 6.26. The Kier molecular flexibility index (Phi) is 4.93. The highest BCUT2D eigenvalue weighted by Gasteiger charge is 2.25. The Bertz CT molecular complexity index is 624. The maximum Gasteiger partial charge on any atom is 0.250 e. The number of hydrogen-bond acceptors (Lipinski definition) is 4. The molecule has 20 heavy (non-hydrogen) atoms. The SMILES string of the molecule is C[C@H](c1ccccc1)[C@H](CO)NS(=O)(=O)c1cccs1. The smallest absolute Gasteiger partial charge is 0.250 e. The highest BCUT2D eigenvalue weighted by atomic mass is 32.2. The third-order valence-electron chi connectivity index (χ3n) is 3.19. The second-order valence-corrected chi connectivity index (χ2v) is 7.43. The molecular weight excluding hydrogens is 294 g/mol. The number of hydrogen-bond donors (Lipinski definition) is 2. The molecule has 0 amide bonds. The van der Waals surface area contributed by atoms with Gasteiger partial charge in [-0.1, -0.05) is 43.3 Å². The van der Waals surface area contributed by atoms with Crippen LogP contribution in [-0.2, 0) is 10.0 Å². The van der Waals surface area contributed by atoms with E-state index in [0.29, 0.717) is 0 Å². The van der Waals surface area contributed by atoms with E-state index >= 15 is 0 Å². The van der Waals surface area contributed by atoms with E-state index in [-0.39, 0.29) is 16.7 Å². The van der Waals surface area contributed by atoms with Gasteiger partial charge in [0.25, 0.3) is 0 Å². The van der Waals surface area contributed by atoms with Crippen molar-refractivity contribution in [2.24, 2.45) is 0 Å². The predicted molar refractivity (Wildman–Crippen MR) is 80.4 cm³/mol. The van der Waals surface area contributed by atoms with E-state index in [1.54, 1.807) is 17.5 Å². The summed E-state index contributed by atoms with van der Waals surface area (Å²) in [4.78, 5) is 0. The maximum absolute atomic E-state index is 12.2. The first-order valence-corrected chi connectivity index (χ1v) is 8.62. The zero-order valence-corrected chi connectivity index (χ0v) is 12.7. The Morgan fingerprint density at radius 2 is 1.90 bits per heavy atom. The summed E-state index contributed by atoms with van der Waals surface area (Å²) in [5.74, 6) is -0.115. The molecule has 0 saturated carbocycles. The highest BCUT2D eigenvalue weighted by molar-refractivity contribution is 7.91. The molecule has 2 rings (SSSR count). The first-order chi connectivity index (χ1) is 9.54. The van der Waals surface area contributed by atoms with Crippen LogP contribution in [0.2, 0.25) is 0 Å². The summed E-state index contributed by atoms with van der Waals surface area (Å²) in [5.41, 5.74) is 0.987. The van der Waals surface area contributed by atoms with Crippen LogP contribution in [0.15, 0.2) is 52.1 Å². The number of aliphatic hydroxyl groups is 1. The van der Waals surface area contributed by atoms with E-state index in [9.17, 15) is 13.5 Å². The van der Waals surface area contributed by atoms with Gasteiger partial charge in [0.15, 0.2) is 0 Å². The lowest BCUT2D eigenvalue weighted by Crippen LogP contribution is -2.40. The van der Waals surface area contributed by atoms with Crippen molar-refractivity contribution in [2.75, 3.05) is 6.61 Å². The Balaban J connectivity index is 2.18. The van der Waals surface area contributed by atoms with Gasteiger partial charge in [-0.2, -0.15) is 0 Å². The van der Waals surface area contributed by atoms with E-state index < -0.39 is 16.1 Å². The number of benzene rings is 1. The van der Waals surface area contributed by atoms with Crippen molar-refractivity contribution >= 4 is 21.4 Å². The molecule has 0 saturated heterocycles. The normalized spacial score (nSPS) is 14.9. The second-order valence-electron chi connectivity index (χ2n) is 4.54. The van der Waals surface area contributed by atoms with Gasteiger partial charge in [0.05, 0.1) is 12.6 Å². The average Bonchev–Trinajstić information content (AvgIpc) is 3.00. The van der Waals surface area contributed by atoms with Crippen LogP contribution in [0, 0.1) is 0 Å². The molecule has 2 atom stereocenters. The molecule has 0 aliphatic rings. The molecule has 0 unspecified atom stereocenters. The van der Waals surface area contributed by atoms with Crippen LogP contribution in [0.5, 0.6) is 0 Å². The third-order valence-corrected chi connectivity index (χ3v) is 6.08. The molecule has 4 nitrogen and oxygen atoms in total. The third kappa shape index (κ3) is 3.46. The molecule has 2 N–H and O–H groups in total. The fourth-order valence-electron chi connectivity index (χ4n) is 1.96. The number of aliphatic hydroxyl groups excluding tert-OH is 1. The van der Waals surface area contributed by atoms with Gasteiger partial charge >= 0.3 is 0 Å². The van der Waals surface area contributed by atoms with Crippen molar-refractivity contribution in [1.82, 2.24) is 4.72 Å². The minimum Gasteiger partial charge on any atom is -0.395 e. The first kappa shape index (κ1) is 15.2. The van der Waals surface area contributed by atoms with Gasteiger partial charge in [0.1, 0.15) is 4.21 Å². The van der Waals surface area contributed by atoms with E-state index in [1.165, 1.54) is 0 Å². The molecule has 6 heteroatoms. The molecular formula is C14H17NO3S2. The van der Waals surface area contributed by atoms with Crippen molar-refractivity contribution in [3.8, 4) is 0 Å². The molecule has 0 fully saturated rings. The molecule has 1 aromatic carbocycles. The van der Waals surface area contributed by atoms with Crippen LogP contribution in [-0.4, -0.2) is 26.2 Å². The summed E-state index contributed by atoms with van der Waals surface area (Å²) in [6.07, 6.45) is 0. The molecule has 0 spiro atoms. The van der Waals surface area contributed by atoms with Crippen LogP contribution in [0.25, 0.3) is 0 Å². The topological polar surface area (TPSA) is 66.4 Å². The largest absolute Gasteiger partial charge is 0.395 e. The minimum absolute atomic E-state index is 0.115. The van der Waals surface area contributed by atoms with Gasteiger partial charge in [-0.05, 0) is 22.9 Å². The Hall–Kier alpha value is -1.21. The number of thiophene rings is 1. The quantitative estimate of drug-likeness (QED) is 0.859. The zero-order valence-electron chi connectivity index (χ0n) is 11.1. The average molecular weight is 311 g/mol. The van der Waals surface area contributed by atoms with Crippen molar-refractivity contribution in [2.45, 2.75) is 23.1 Å². The lowest BCUT2D eigenvalue weighted by molar-refractivity contribution is 0.242. The van der Waals surface area contributed by atoms with Gasteiger partial charge in [0, 0.05) is 0 Å². The van der Waals surface area contributed by atoms with Gasteiger partial charge < -0.3 is 5.11 Å². The fraction of sp³-hybridized carbons (Fsp3) is 0.286.